The Balaban J connectivity index is 0.000000182. The minimum absolute atomic E-state index is 0. The first kappa shape index (κ1) is 78.1. The smallest absolute Gasteiger partial charge is 0.337 e. The van der Waals surface area contributed by atoms with Crippen molar-refractivity contribution in [3.8, 4) is 11.1 Å². The Bertz CT molecular complexity index is 4660. The number of methoxy groups -OCH3 is 4. The number of nitrogens with zero attached hydrogens (tertiary/aromatic N) is 30. The molecule has 4 aromatic rings. The van der Waals surface area contributed by atoms with Crippen LogP contribution in [0, 0.1) is 0 Å². The molecule has 2 aromatic carbocycles. The zero-order valence-electron chi connectivity index (χ0n) is 67.6. The number of pyridine rings is 2. The van der Waals surface area contributed by atoms with Crippen LogP contribution in [0.3, 0.4) is 0 Å². The molecule has 21 fully saturated rings. The third kappa shape index (κ3) is 9.73. The van der Waals surface area contributed by atoms with E-state index >= 15 is 67.1 Å². The summed E-state index contributed by atoms with van der Waals surface area (Å²) in [5, 5.41) is 0. The highest BCUT2D eigenvalue weighted by atomic mass is 79.9. The van der Waals surface area contributed by atoms with E-state index in [0.29, 0.717) is 13.1 Å². The predicted molar refractivity (Wildman–Crippen MR) is 397 cm³/mol. The lowest BCUT2D eigenvalue weighted by atomic mass is 10.0. The summed E-state index contributed by atoms with van der Waals surface area (Å²) in [6.07, 6.45) is -9.56. The number of halogens is 2. The van der Waals surface area contributed by atoms with Crippen molar-refractivity contribution in [2.24, 2.45) is 0 Å². The number of ether oxygens (including phenoxy) is 4. The van der Waals surface area contributed by atoms with Crippen LogP contribution in [0.1, 0.15) is 52.6 Å². The molecule has 0 saturated carbocycles. The fourth-order valence-corrected chi connectivity index (χ4v) is 23.1. The van der Waals surface area contributed by atoms with Crippen molar-refractivity contribution >= 4 is 108 Å². The first-order valence-electron chi connectivity index (χ1n) is 40.4. The van der Waals surface area contributed by atoms with Crippen LogP contribution in [0.4, 0.5) is 67.1 Å². The van der Waals surface area contributed by atoms with E-state index < -0.39 is 288 Å². The van der Waals surface area contributed by atoms with Gasteiger partial charge in [0.25, 0.3) is 0 Å². The molecule has 0 atom stereocenters. The zero-order valence-corrected chi connectivity index (χ0v) is 70.8. The maximum Gasteiger partial charge on any atom is 0.337 e. The van der Waals surface area contributed by atoms with Gasteiger partial charge < -0.3 is 52.9 Å². The standard InChI is InChI=1S/C42H42N28O14.C32H30N2O8.2BrH/c71-29-43-1-44-16-18-48(30(44)72)4-52-20-22-56(34(52)76)8-60-24-26-64(38(60)80)12-68-28-27-67(41(68)83)11-63-25-23-59(37(63)79)7-55-21-19-51(33(55)75)3-47(29)17-15(43)45-2-46(16)32(74)50(18)6-54(20)36(78)58(22)10-62(24)40(82)66(26)14-70(28)42(84)69(27)13-65(25)39(81)61(23)9-57(21)35(77)53(19)5-49(17)31(45)73;1-39-29(35)25-13-21(14-26(17-25)30(36)40-2)19-33-9-5-23(6-10-33)24-7-11-34(12-8-24)20-22-15-27(31(37)41-3)18-28(16-22)32(38)42-4;;/h15-28H,1-14H2;5-18H,19-20H2,1-4H3;2*1H/q;+2;;/p-2. The normalized spacial score (nSPS) is 29.9. The molecule has 2 aromatic heterocycles. The van der Waals surface area contributed by atoms with Gasteiger partial charge in [-0.05, 0) is 47.5 Å². The monoisotopic (exact) mass is 1890 g/mol. The topological polar surface area (TPSA) is 443 Å². The molecule has 0 radical (unpaired) electrons. The number of amides is 28. The summed E-state index contributed by atoms with van der Waals surface area (Å²) < 4.78 is 23.1. The molecule has 128 heavy (non-hydrogen) atoms. The number of hydrogen-bond donors (Lipinski definition) is 0. The minimum Gasteiger partial charge on any atom is -1.00 e. The molecule has 0 aliphatic carbocycles. The third-order valence-corrected chi connectivity index (χ3v) is 28.5. The van der Waals surface area contributed by atoms with E-state index in [9.17, 15) is 19.2 Å². The van der Waals surface area contributed by atoms with Crippen molar-refractivity contribution in [3.05, 3.63) is 119 Å². The van der Waals surface area contributed by atoms with Crippen LogP contribution in [0.15, 0.2) is 85.5 Å². The molecule has 28 amide bonds. The van der Waals surface area contributed by atoms with Crippen LogP contribution < -0.4 is 43.1 Å². The molecule has 664 valence electrons. The lowest BCUT2D eigenvalue weighted by Gasteiger charge is -2.42. The number of esters is 4. The summed E-state index contributed by atoms with van der Waals surface area (Å²) >= 11 is 0. The van der Waals surface area contributed by atoms with Gasteiger partial charge in [-0.2, -0.15) is 0 Å². The fourth-order valence-electron chi connectivity index (χ4n) is 23.1. The van der Waals surface area contributed by atoms with Gasteiger partial charge in [0.1, 0.15) is 93.4 Å². The first-order chi connectivity index (χ1) is 60.7. The molecule has 0 spiro atoms. The van der Waals surface area contributed by atoms with Gasteiger partial charge in [-0.15, -0.1) is 0 Å². The summed E-state index contributed by atoms with van der Waals surface area (Å²) in [4.78, 5) is 300. The molecule has 21 aliphatic heterocycles. The van der Waals surface area contributed by atoms with Crippen molar-refractivity contribution in [2.75, 3.05) is 122 Å². The summed E-state index contributed by atoms with van der Waals surface area (Å²) in [6, 6.07) is 7.55. The van der Waals surface area contributed by atoms with E-state index in [0.717, 1.165) is 22.3 Å². The Labute approximate surface area is 741 Å². The van der Waals surface area contributed by atoms with Gasteiger partial charge in [0.15, 0.2) is 124 Å². The highest BCUT2D eigenvalue weighted by Crippen LogP contribution is 2.53. The SMILES string of the molecule is COC(=O)c1cc(C[n+]2ccc(-c3cc[n+](Cc4cc(C(=O)OC)cc(C(=O)OC)c4)cc3)cc2)cc(C(=O)OC)c1.O=C1N2CN3C(=O)N4CN5C(=O)N6CN7C(=O)N8CN9C(=O)N%10CN%11C(=O)N%12CN%13C(=O)N%14CN1C1C2N2CN%15C(=O)N(CN%16C(=O)N(CN%17C(=O)N(CN%18C(=O)N(CN%19C(=O)N(CN%20C(=O)N(CN1C2=O)C%14C%13%20)C%12C%11%19)C%10C9%18)C8C7%17)C6C5%16)C4C3%15.[Br-].[Br-]. The van der Waals surface area contributed by atoms with Crippen LogP contribution >= 0.6 is 0 Å². The molecule has 0 bridgehead atoms. The lowest BCUT2D eigenvalue weighted by molar-refractivity contribution is -0.688. The number of hydrogen-bond acceptors (Lipinski definition) is 22. The highest BCUT2D eigenvalue weighted by Gasteiger charge is 2.77. The second kappa shape index (κ2) is 26.5. The Kier molecular flexibility index (Phi) is 16.2. The number of rotatable bonds is 9. The van der Waals surface area contributed by atoms with Crippen molar-refractivity contribution in [1.82, 2.24) is 137 Å². The Hall–Kier alpha value is -14.6. The zero-order chi connectivity index (χ0) is 86.5. The molecule has 54 heteroatoms. The molecule has 0 N–H and O–H groups in total. The van der Waals surface area contributed by atoms with E-state index in [1.807, 2.05) is 58.2 Å². The molecular formula is C74H72Br2N30O22. The minimum atomic E-state index is -1.23. The van der Waals surface area contributed by atoms with E-state index in [-0.39, 0.29) is 56.2 Å². The van der Waals surface area contributed by atoms with Gasteiger partial charge >= 0.3 is 108 Å². The molecule has 21 saturated heterocycles. The van der Waals surface area contributed by atoms with Gasteiger partial charge in [0.05, 0.1) is 50.7 Å². The maximum absolute atomic E-state index is 15.3. The van der Waals surface area contributed by atoms with Crippen LogP contribution in [0.5, 0.6) is 0 Å². The van der Waals surface area contributed by atoms with Gasteiger partial charge in [-0.25, -0.2) is 95.4 Å². The van der Waals surface area contributed by atoms with E-state index in [4.69, 9.17) is 18.9 Å². The summed E-state index contributed by atoms with van der Waals surface area (Å²) in [7, 11) is 5.15. The van der Waals surface area contributed by atoms with E-state index in [2.05, 4.69) is 0 Å². The number of carbonyl (C=O) groups excluding carboxylic acids is 18. The number of benzene rings is 2. The average molecular weight is 1890 g/mol. The molecule has 0 unspecified atom stereocenters. The largest absolute Gasteiger partial charge is 1.00 e. The second-order valence-electron chi connectivity index (χ2n) is 34.2. The maximum atomic E-state index is 15.3. The van der Waals surface area contributed by atoms with Gasteiger partial charge in [-0.1, -0.05) is 0 Å². The average Bonchev–Trinajstić information content (AvgIpc) is 1.51. The molecule has 21 aliphatic rings. The molecular weight excluding hydrogens is 1820 g/mol. The summed E-state index contributed by atoms with van der Waals surface area (Å²) in [5.41, 5.74) is 4.52. The fraction of sp³-hybridized carbons (Fsp3) is 0.459. The van der Waals surface area contributed by atoms with Crippen LogP contribution in [-0.4, -0.2) is 454 Å². The number of aromatic nitrogens is 2. The van der Waals surface area contributed by atoms with Crippen LogP contribution in [-0.2, 0) is 32.0 Å². The second-order valence-corrected chi connectivity index (χ2v) is 34.2. The van der Waals surface area contributed by atoms with Crippen molar-refractivity contribution < 1.29 is 148 Å². The number of urea groups is 14. The molecule has 52 nitrogen and oxygen atoms in total. The lowest BCUT2D eigenvalue weighted by Crippen LogP contribution is -3.00. The molecule has 23 heterocycles. The van der Waals surface area contributed by atoms with Crippen LogP contribution in [0.2, 0.25) is 0 Å². The van der Waals surface area contributed by atoms with Gasteiger partial charge in [-0.3, -0.25) is 137 Å². The number of carbonyl (C=O) groups is 18. The predicted octanol–water partition coefficient (Wildman–Crippen LogP) is -9.43. The summed E-state index contributed by atoms with van der Waals surface area (Å²) in [6.45, 7) is -6.26. The van der Waals surface area contributed by atoms with Crippen LogP contribution in [0.25, 0.3) is 11.1 Å². The first-order valence-corrected chi connectivity index (χ1v) is 40.4. The van der Waals surface area contributed by atoms with E-state index in [1.54, 1.807) is 24.3 Å². The third-order valence-electron chi connectivity index (χ3n) is 28.5. The highest BCUT2D eigenvalue weighted by molar-refractivity contribution is 5.99. The van der Waals surface area contributed by atoms with Crippen molar-refractivity contribution in [1.29, 1.82) is 0 Å². The van der Waals surface area contributed by atoms with Crippen molar-refractivity contribution in [2.45, 2.75) is 99.4 Å². The van der Waals surface area contributed by atoms with E-state index in [1.165, 1.54) is 178 Å². The Morgan fingerprint density at radius 2 is 0.344 bits per heavy atom. The Morgan fingerprint density at radius 1 is 0.227 bits per heavy atom. The van der Waals surface area contributed by atoms with Gasteiger partial charge in [0.2, 0.25) is 0 Å². The quantitative estimate of drug-likeness (QED) is 0.0853. The van der Waals surface area contributed by atoms with Gasteiger partial charge in [0, 0.05) is 35.4 Å². The molecule has 25 rings (SSSR count). The Morgan fingerprint density at radius 3 is 0.453 bits per heavy atom. The van der Waals surface area contributed by atoms with Crippen molar-refractivity contribution in [3.63, 3.8) is 0 Å². The summed E-state index contributed by atoms with van der Waals surface area (Å²) in [5.74, 6) is -2.15.